The summed E-state index contributed by atoms with van der Waals surface area (Å²) in [6.45, 7) is 1.21. The van der Waals surface area contributed by atoms with Gasteiger partial charge in [-0.3, -0.25) is 0 Å². The molecule has 0 unspecified atom stereocenters. The molecule has 0 saturated heterocycles. The largest absolute Gasteiger partial charge is 0.457 e. The van der Waals surface area contributed by atoms with E-state index in [4.69, 9.17) is 16.3 Å². The Morgan fingerprint density at radius 3 is 2.81 bits per heavy atom. The zero-order chi connectivity index (χ0) is 14.7. The summed E-state index contributed by atoms with van der Waals surface area (Å²) in [5.74, 6) is -0.273. The van der Waals surface area contributed by atoms with Gasteiger partial charge in [0.2, 0.25) is 0 Å². The minimum atomic E-state index is -0.273. The van der Waals surface area contributed by atoms with E-state index in [-0.39, 0.29) is 12.6 Å². The average molecular weight is 302 g/mol. The molecule has 0 radical (unpaired) electrons. The maximum Gasteiger partial charge on any atom is 0.338 e. The molecule has 0 saturated carbocycles. The number of ether oxygens (including phenoxy) is 1. The van der Waals surface area contributed by atoms with E-state index < -0.39 is 0 Å². The van der Waals surface area contributed by atoms with E-state index in [0.29, 0.717) is 10.6 Å². The van der Waals surface area contributed by atoms with Gasteiger partial charge >= 0.3 is 5.97 Å². The highest BCUT2D eigenvalue weighted by Crippen LogP contribution is 2.26. The third-order valence-corrected chi connectivity index (χ3v) is 3.85. The van der Waals surface area contributed by atoms with Gasteiger partial charge in [-0.1, -0.05) is 29.8 Å². The third-order valence-electron chi connectivity index (χ3n) is 3.60. The van der Waals surface area contributed by atoms with E-state index in [1.807, 2.05) is 30.3 Å². The highest BCUT2D eigenvalue weighted by molar-refractivity contribution is 6.30. The Labute approximate surface area is 128 Å². The number of rotatable bonds is 3. The van der Waals surface area contributed by atoms with Gasteiger partial charge in [0.05, 0.1) is 5.56 Å². The normalized spacial score (nSPS) is 13.2. The Balaban J connectivity index is 1.72. The lowest BCUT2D eigenvalue weighted by Gasteiger charge is -2.20. The van der Waals surface area contributed by atoms with Crippen molar-refractivity contribution in [3.8, 4) is 0 Å². The Morgan fingerprint density at radius 2 is 2.00 bits per heavy atom. The molecule has 0 fully saturated rings. The van der Waals surface area contributed by atoms with Gasteiger partial charge in [0.1, 0.15) is 6.61 Å². The van der Waals surface area contributed by atoms with Crippen molar-refractivity contribution in [3.63, 3.8) is 0 Å². The van der Waals surface area contributed by atoms with Gasteiger partial charge in [0, 0.05) is 17.3 Å². The van der Waals surface area contributed by atoms with Gasteiger partial charge in [-0.05, 0) is 48.2 Å². The second-order valence-corrected chi connectivity index (χ2v) is 5.50. The number of nitrogens with one attached hydrogen (secondary N) is 1. The van der Waals surface area contributed by atoms with Crippen molar-refractivity contribution in [2.75, 3.05) is 11.9 Å². The monoisotopic (exact) mass is 301 g/mol. The summed E-state index contributed by atoms with van der Waals surface area (Å²) >= 11 is 5.83. The summed E-state index contributed by atoms with van der Waals surface area (Å²) in [5, 5.41) is 3.99. The van der Waals surface area contributed by atoms with Crippen molar-refractivity contribution < 1.29 is 9.53 Å². The number of hydrogen-bond donors (Lipinski definition) is 1. The number of esters is 1. The standard InChI is InChI=1S/C17H16ClNO2/c18-13-8-6-12(7-9-13)11-21-17(20)15-3-1-5-16-14(15)4-2-10-19-16/h1,3,5-9,19H,2,4,10-11H2. The van der Waals surface area contributed by atoms with Crippen LogP contribution >= 0.6 is 11.6 Å². The molecule has 1 N–H and O–H groups in total. The van der Waals surface area contributed by atoms with Crippen molar-refractivity contribution >= 4 is 23.3 Å². The first-order valence-corrected chi connectivity index (χ1v) is 7.39. The molecule has 21 heavy (non-hydrogen) atoms. The molecule has 2 aromatic carbocycles. The molecular formula is C17H16ClNO2. The number of fused-ring (bicyclic) bond motifs is 1. The molecule has 1 aliphatic rings. The van der Waals surface area contributed by atoms with Crippen LogP contribution in [0, 0.1) is 0 Å². The van der Waals surface area contributed by atoms with Gasteiger partial charge < -0.3 is 10.1 Å². The molecule has 3 rings (SSSR count). The molecule has 108 valence electrons. The second-order valence-electron chi connectivity index (χ2n) is 5.06. The Kier molecular flexibility index (Phi) is 4.11. The number of anilines is 1. The van der Waals surface area contributed by atoms with Crippen LogP contribution in [0.2, 0.25) is 5.02 Å². The van der Waals surface area contributed by atoms with E-state index in [9.17, 15) is 4.79 Å². The number of hydrogen-bond acceptors (Lipinski definition) is 3. The van der Waals surface area contributed by atoms with Crippen LogP contribution in [-0.4, -0.2) is 12.5 Å². The van der Waals surface area contributed by atoms with Crippen LogP contribution in [-0.2, 0) is 17.8 Å². The SMILES string of the molecule is O=C(OCc1ccc(Cl)cc1)c1cccc2c1CCCN2. The molecule has 1 aliphatic heterocycles. The van der Waals surface area contributed by atoms with Gasteiger partial charge in [0.25, 0.3) is 0 Å². The summed E-state index contributed by atoms with van der Waals surface area (Å²) in [5.41, 5.74) is 3.69. The smallest absolute Gasteiger partial charge is 0.338 e. The van der Waals surface area contributed by atoms with Crippen LogP contribution in [0.1, 0.15) is 27.9 Å². The van der Waals surface area contributed by atoms with Crippen molar-refractivity contribution in [2.24, 2.45) is 0 Å². The van der Waals surface area contributed by atoms with Gasteiger partial charge in [-0.15, -0.1) is 0 Å². The molecule has 4 heteroatoms. The molecule has 0 aromatic heterocycles. The number of carbonyl (C=O) groups excluding carboxylic acids is 1. The molecule has 1 heterocycles. The predicted octanol–water partition coefficient (Wildman–Crippen LogP) is 4.06. The van der Waals surface area contributed by atoms with E-state index >= 15 is 0 Å². The van der Waals surface area contributed by atoms with Crippen LogP contribution in [0.15, 0.2) is 42.5 Å². The highest BCUT2D eigenvalue weighted by atomic mass is 35.5. The fourth-order valence-corrected chi connectivity index (χ4v) is 2.63. The lowest BCUT2D eigenvalue weighted by atomic mass is 9.98. The summed E-state index contributed by atoms with van der Waals surface area (Å²) < 4.78 is 5.41. The molecule has 3 nitrogen and oxygen atoms in total. The van der Waals surface area contributed by atoms with E-state index in [0.717, 1.165) is 36.2 Å². The topological polar surface area (TPSA) is 38.3 Å². The zero-order valence-corrected chi connectivity index (χ0v) is 12.3. The lowest BCUT2D eigenvalue weighted by molar-refractivity contribution is 0.0471. The Morgan fingerprint density at radius 1 is 1.19 bits per heavy atom. The quantitative estimate of drug-likeness (QED) is 0.869. The number of carbonyl (C=O) groups is 1. The fraction of sp³-hybridized carbons (Fsp3) is 0.235. The summed E-state index contributed by atoms with van der Waals surface area (Å²) in [7, 11) is 0. The van der Waals surface area contributed by atoms with Crippen molar-refractivity contribution in [3.05, 3.63) is 64.2 Å². The Bertz CT molecular complexity index is 652. The molecule has 2 aromatic rings. The molecule has 0 amide bonds. The second kappa shape index (κ2) is 6.19. The fourth-order valence-electron chi connectivity index (χ4n) is 2.51. The molecule has 0 aliphatic carbocycles. The first kappa shape index (κ1) is 14.0. The van der Waals surface area contributed by atoms with Crippen LogP contribution in [0.3, 0.4) is 0 Å². The maximum atomic E-state index is 12.3. The number of benzene rings is 2. The maximum absolute atomic E-state index is 12.3. The zero-order valence-electron chi connectivity index (χ0n) is 11.6. The van der Waals surface area contributed by atoms with E-state index in [1.165, 1.54) is 0 Å². The first-order valence-electron chi connectivity index (χ1n) is 7.01. The van der Waals surface area contributed by atoms with Crippen LogP contribution in [0.5, 0.6) is 0 Å². The van der Waals surface area contributed by atoms with Crippen molar-refractivity contribution in [2.45, 2.75) is 19.4 Å². The van der Waals surface area contributed by atoms with Crippen molar-refractivity contribution in [1.29, 1.82) is 0 Å². The molecule has 0 atom stereocenters. The van der Waals surface area contributed by atoms with Crippen LogP contribution in [0.25, 0.3) is 0 Å². The van der Waals surface area contributed by atoms with Crippen LogP contribution < -0.4 is 5.32 Å². The minimum Gasteiger partial charge on any atom is -0.457 e. The van der Waals surface area contributed by atoms with Gasteiger partial charge in [0.15, 0.2) is 0 Å². The molecular weight excluding hydrogens is 286 g/mol. The number of halogens is 1. The average Bonchev–Trinajstić information content (AvgIpc) is 2.53. The van der Waals surface area contributed by atoms with Crippen LogP contribution in [0.4, 0.5) is 5.69 Å². The van der Waals surface area contributed by atoms with Gasteiger partial charge in [-0.25, -0.2) is 4.79 Å². The summed E-state index contributed by atoms with van der Waals surface area (Å²) in [6, 6.07) is 13.0. The molecule has 0 spiro atoms. The predicted molar refractivity (Wildman–Crippen MR) is 83.8 cm³/mol. The van der Waals surface area contributed by atoms with E-state index in [2.05, 4.69) is 5.32 Å². The summed E-state index contributed by atoms with van der Waals surface area (Å²) in [6.07, 6.45) is 1.95. The van der Waals surface area contributed by atoms with Crippen molar-refractivity contribution in [1.82, 2.24) is 0 Å². The highest BCUT2D eigenvalue weighted by Gasteiger charge is 2.18. The summed E-state index contributed by atoms with van der Waals surface area (Å²) in [4.78, 5) is 12.3. The Hall–Kier alpha value is -2.00. The minimum absolute atomic E-state index is 0.257. The van der Waals surface area contributed by atoms with Gasteiger partial charge in [-0.2, -0.15) is 0 Å². The first-order chi connectivity index (χ1) is 10.2. The third kappa shape index (κ3) is 3.19. The lowest BCUT2D eigenvalue weighted by Crippen LogP contribution is -2.16. The molecule has 0 bridgehead atoms. The van der Waals surface area contributed by atoms with E-state index in [1.54, 1.807) is 12.1 Å².